The first-order valence-corrected chi connectivity index (χ1v) is 18.7. The molecule has 2 aromatic carbocycles. The van der Waals surface area contributed by atoms with Gasteiger partial charge >= 0.3 is 12.1 Å². The zero-order chi connectivity index (χ0) is 39.3. The number of aliphatic hydroxyl groups is 1. The number of rotatable bonds is 18. The Hall–Kier alpha value is -4.58. The van der Waals surface area contributed by atoms with Crippen LogP contribution in [0, 0.1) is 11.8 Å². The zero-order valence-electron chi connectivity index (χ0n) is 32.5. The van der Waals surface area contributed by atoms with E-state index in [1.165, 1.54) is 13.1 Å². The number of hydrogen-bond acceptors (Lipinski definition) is 9. The normalized spacial score (nSPS) is 17.8. The van der Waals surface area contributed by atoms with Gasteiger partial charge in [0.15, 0.2) is 0 Å². The first kappa shape index (κ1) is 42.8. The summed E-state index contributed by atoms with van der Waals surface area (Å²) in [6, 6.07) is 11.8. The number of fused-ring (bicyclic) bond motifs is 1. The molecule has 1 heterocycles. The lowest BCUT2D eigenvalue weighted by Crippen LogP contribution is -2.61. The molecule has 3 N–H and O–H groups in total. The van der Waals surface area contributed by atoms with Crippen LogP contribution in [0.3, 0.4) is 0 Å². The van der Waals surface area contributed by atoms with Gasteiger partial charge in [0.25, 0.3) is 5.91 Å². The summed E-state index contributed by atoms with van der Waals surface area (Å²) < 4.78 is 10.9. The minimum Gasteiger partial charge on any atom is -0.459 e. The van der Waals surface area contributed by atoms with Gasteiger partial charge in [-0.3, -0.25) is 24.3 Å². The van der Waals surface area contributed by atoms with E-state index in [0.717, 1.165) is 29.7 Å². The molecule has 12 nitrogen and oxygen atoms in total. The van der Waals surface area contributed by atoms with Gasteiger partial charge in [0.05, 0.1) is 5.69 Å². The van der Waals surface area contributed by atoms with Crippen LogP contribution in [-0.2, 0) is 40.9 Å². The highest BCUT2D eigenvalue weighted by Gasteiger charge is 2.46. The predicted octanol–water partition coefficient (Wildman–Crippen LogP) is 6.50. The number of para-hydroxylation sites is 1. The van der Waals surface area contributed by atoms with Crippen LogP contribution in [0.2, 0.25) is 0 Å². The van der Waals surface area contributed by atoms with Gasteiger partial charge in [-0.2, -0.15) is 0 Å². The summed E-state index contributed by atoms with van der Waals surface area (Å²) in [5.41, 5.74) is -1.10. The van der Waals surface area contributed by atoms with E-state index >= 15 is 0 Å². The molecule has 0 spiro atoms. The number of carbonyl (C=O) groups excluding carboxylic acids is 5. The highest BCUT2D eigenvalue weighted by molar-refractivity contribution is 6.04. The summed E-state index contributed by atoms with van der Waals surface area (Å²) in [7, 11) is 0. The lowest BCUT2D eigenvalue weighted by Gasteiger charge is -2.37. The van der Waals surface area contributed by atoms with Crippen molar-refractivity contribution in [3.8, 4) is 0 Å². The number of nitrogens with one attached hydrogen (secondary N) is 2. The smallest absolute Gasteiger partial charge is 0.408 e. The molecule has 0 saturated carbocycles. The van der Waals surface area contributed by atoms with Crippen LogP contribution in [-0.4, -0.2) is 69.7 Å². The Kier molecular flexibility index (Phi) is 15.7. The number of ether oxygens (including phenoxy) is 2. The molecule has 0 unspecified atom stereocenters. The first-order valence-electron chi connectivity index (χ1n) is 18.7. The van der Waals surface area contributed by atoms with Crippen molar-refractivity contribution in [3.05, 3.63) is 65.7 Å². The number of hydrogen-bond donors (Lipinski definition) is 3. The summed E-state index contributed by atoms with van der Waals surface area (Å²) in [6.45, 7) is 14.2. The van der Waals surface area contributed by atoms with E-state index in [9.17, 15) is 29.1 Å². The molecule has 0 saturated heterocycles. The van der Waals surface area contributed by atoms with Crippen molar-refractivity contribution in [2.24, 2.45) is 16.8 Å². The summed E-state index contributed by atoms with van der Waals surface area (Å²) in [5, 5.41) is 17.3. The number of nitrogens with zero attached hydrogens (tertiary/aromatic N) is 2. The highest BCUT2D eigenvalue weighted by Crippen LogP contribution is 2.39. The SMILES string of the molecule is CCCC[C@H](C)CCC(=O)N(C(=O)[C@H](NC(=O)OC(C)(C)C)[C@H](C)CC)[C@@H](C[C@@]1(O)C=Nc2ccccc21)C(=O)N[C@@H](C)C(=O)OCc1ccccc1. The van der Waals surface area contributed by atoms with Gasteiger partial charge < -0.3 is 25.2 Å². The fourth-order valence-electron chi connectivity index (χ4n) is 6.08. The number of alkyl carbamates (subject to hydrolysis) is 1. The Balaban J connectivity index is 2.06. The Bertz CT molecular complexity index is 1590. The van der Waals surface area contributed by atoms with Crippen LogP contribution < -0.4 is 10.6 Å². The third-order valence-corrected chi connectivity index (χ3v) is 9.40. The number of carbonyl (C=O) groups is 5. The summed E-state index contributed by atoms with van der Waals surface area (Å²) in [6.07, 6.45) is 3.63. The third kappa shape index (κ3) is 12.5. The van der Waals surface area contributed by atoms with Crippen molar-refractivity contribution < 1.29 is 38.6 Å². The minimum atomic E-state index is -1.85. The van der Waals surface area contributed by atoms with Crippen molar-refractivity contribution in [2.75, 3.05) is 0 Å². The molecule has 0 bridgehead atoms. The Morgan fingerprint density at radius 2 is 1.58 bits per heavy atom. The van der Waals surface area contributed by atoms with Crippen molar-refractivity contribution >= 4 is 41.7 Å². The molecule has 4 amide bonds. The molecule has 6 atom stereocenters. The lowest BCUT2D eigenvalue weighted by molar-refractivity contribution is -0.156. The van der Waals surface area contributed by atoms with Gasteiger partial charge in [-0.1, -0.05) is 102 Å². The largest absolute Gasteiger partial charge is 0.459 e. The maximum atomic E-state index is 14.8. The molecule has 0 radical (unpaired) electrons. The molecule has 2 aromatic rings. The van der Waals surface area contributed by atoms with E-state index in [0.29, 0.717) is 24.1 Å². The Labute approximate surface area is 314 Å². The van der Waals surface area contributed by atoms with Gasteiger partial charge in [-0.05, 0) is 57.6 Å². The number of unbranched alkanes of at least 4 members (excludes halogenated alkanes) is 1. The van der Waals surface area contributed by atoms with Crippen LogP contribution in [0.25, 0.3) is 0 Å². The predicted molar refractivity (Wildman–Crippen MR) is 203 cm³/mol. The molecule has 1 aliphatic heterocycles. The van der Waals surface area contributed by atoms with Gasteiger partial charge in [0, 0.05) is 24.6 Å². The van der Waals surface area contributed by atoms with Crippen molar-refractivity contribution in [2.45, 2.75) is 136 Å². The average Bonchev–Trinajstić information content (AvgIpc) is 3.45. The number of esters is 1. The van der Waals surface area contributed by atoms with Gasteiger partial charge in [-0.15, -0.1) is 0 Å². The molecule has 12 heteroatoms. The molecular weight excluding hydrogens is 676 g/mol. The Morgan fingerprint density at radius 1 is 0.925 bits per heavy atom. The lowest BCUT2D eigenvalue weighted by atomic mass is 9.87. The fraction of sp³-hybridized carbons (Fsp3) is 0.561. The van der Waals surface area contributed by atoms with Crippen LogP contribution >= 0.6 is 0 Å². The number of amides is 4. The van der Waals surface area contributed by atoms with Crippen LogP contribution in [0.5, 0.6) is 0 Å². The van der Waals surface area contributed by atoms with E-state index in [1.807, 2.05) is 32.0 Å². The third-order valence-electron chi connectivity index (χ3n) is 9.40. The van der Waals surface area contributed by atoms with Gasteiger partial charge in [0.2, 0.25) is 11.8 Å². The maximum absolute atomic E-state index is 14.8. The average molecular weight is 735 g/mol. The molecule has 53 heavy (non-hydrogen) atoms. The standard InChI is InChI=1S/C41H58N4O8/c1-9-11-17-27(3)22-23-34(46)45(37(48)35(28(4)10-2)44-39(50)53-40(6,7)8)33(24-41(51)26-42-32-21-16-15-20-31(32)41)36(47)43-29(5)38(49)52-25-30-18-13-12-14-19-30/h12-16,18-21,26-29,33,35,51H,9-11,17,22-25H2,1-8H3,(H,43,47)(H,44,50)/t27-,28+,29-,33-,35+,41+/m0/s1. The second-order valence-electron chi connectivity index (χ2n) is 15.1. The minimum absolute atomic E-state index is 0.0253. The van der Waals surface area contributed by atoms with E-state index in [2.05, 4.69) is 22.5 Å². The van der Waals surface area contributed by atoms with Crippen LogP contribution in [0.15, 0.2) is 59.6 Å². The second kappa shape index (κ2) is 19.5. The molecular formula is C41H58N4O8. The topological polar surface area (TPSA) is 164 Å². The summed E-state index contributed by atoms with van der Waals surface area (Å²) in [5.74, 6) is -3.40. The van der Waals surface area contributed by atoms with Crippen molar-refractivity contribution in [1.29, 1.82) is 0 Å². The first-order chi connectivity index (χ1) is 25.0. The van der Waals surface area contributed by atoms with E-state index in [-0.39, 0.29) is 18.9 Å². The van der Waals surface area contributed by atoms with Crippen LogP contribution in [0.4, 0.5) is 10.5 Å². The Morgan fingerprint density at radius 3 is 2.23 bits per heavy atom. The highest BCUT2D eigenvalue weighted by atomic mass is 16.6. The van der Waals surface area contributed by atoms with E-state index in [1.54, 1.807) is 64.1 Å². The summed E-state index contributed by atoms with van der Waals surface area (Å²) in [4.78, 5) is 75.1. The fourth-order valence-corrected chi connectivity index (χ4v) is 6.08. The van der Waals surface area contributed by atoms with E-state index in [4.69, 9.17) is 9.47 Å². The van der Waals surface area contributed by atoms with Crippen LogP contribution in [0.1, 0.15) is 111 Å². The quantitative estimate of drug-likeness (QED) is 0.146. The number of benzene rings is 2. The van der Waals surface area contributed by atoms with Gasteiger partial charge in [0.1, 0.15) is 35.9 Å². The number of aliphatic imine (C=N–C) groups is 1. The monoisotopic (exact) mass is 734 g/mol. The van der Waals surface area contributed by atoms with Crippen molar-refractivity contribution in [3.63, 3.8) is 0 Å². The van der Waals surface area contributed by atoms with Crippen molar-refractivity contribution in [1.82, 2.24) is 15.5 Å². The van der Waals surface area contributed by atoms with Gasteiger partial charge in [-0.25, -0.2) is 9.59 Å². The second-order valence-corrected chi connectivity index (χ2v) is 15.1. The summed E-state index contributed by atoms with van der Waals surface area (Å²) >= 11 is 0. The molecule has 3 rings (SSSR count). The molecule has 0 aromatic heterocycles. The maximum Gasteiger partial charge on any atom is 0.408 e. The number of imide groups is 1. The molecule has 290 valence electrons. The van der Waals surface area contributed by atoms with E-state index < -0.39 is 71.5 Å². The zero-order valence-corrected chi connectivity index (χ0v) is 32.5. The molecule has 0 aliphatic carbocycles. The molecule has 1 aliphatic rings. The molecule has 0 fully saturated rings.